The molecule has 0 radical (unpaired) electrons. The van der Waals surface area contributed by atoms with Crippen molar-refractivity contribution >= 4 is 5.97 Å². The molecule has 2 aromatic carbocycles. The van der Waals surface area contributed by atoms with E-state index in [2.05, 4.69) is 48.6 Å². The van der Waals surface area contributed by atoms with E-state index in [1.54, 1.807) is 0 Å². The zero-order valence-electron chi connectivity index (χ0n) is 14.7. The van der Waals surface area contributed by atoms with Gasteiger partial charge in [0.2, 0.25) is 0 Å². The maximum Gasteiger partial charge on any atom is 0.354 e. The molecule has 130 valence electrons. The lowest BCUT2D eigenvalue weighted by atomic mass is 9.97. The van der Waals surface area contributed by atoms with Crippen LogP contribution in [0.25, 0.3) is 0 Å². The first-order valence-corrected chi connectivity index (χ1v) is 9.02. The van der Waals surface area contributed by atoms with Crippen molar-refractivity contribution in [3.63, 3.8) is 0 Å². The Kier molecular flexibility index (Phi) is 5.89. The van der Waals surface area contributed by atoms with Gasteiger partial charge in [-0.15, -0.1) is 0 Å². The second-order valence-electron chi connectivity index (χ2n) is 6.37. The van der Waals surface area contributed by atoms with Gasteiger partial charge >= 0.3 is 5.97 Å². The van der Waals surface area contributed by atoms with Gasteiger partial charge in [0.25, 0.3) is 0 Å². The Bertz CT molecular complexity index is 722. The van der Waals surface area contributed by atoms with Gasteiger partial charge in [0, 0.05) is 6.42 Å². The molecule has 0 bridgehead atoms. The summed E-state index contributed by atoms with van der Waals surface area (Å²) in [4.78, 5) is 12.4. The fourth-order valence-corrected chi connectivity index (χ4v) is 3.24. The number of hydrogen-bond donors (Lipinski definition) is 1. The number of hydrogen-bond acceptors (Lipinski definition) is 3. The van der Waals surface area contributed by atoms with Crippen molar-refractivity contribution < 1.29 is 9.53 Å². The van der Waals surface area contributed by atoms with Crippen LogP contribution in [0.15, 0.2) is 71.9 Å². The van der Waals surface area contributed by atoms with Crippen LogP contribution in [0.1, 0.15) is 43.4 Å². The van der Waals surface area contributed by atoms with Crippen molar-refractivity contribution in [2.24, 2.45) is 0 Å². The highest BCUT2D eigenvalue weighted by Gasteiger charge is 2.24. The lowest BCUT2D eigenvalue weighted by Crippen LogP contribution is -2.31. The van der Waals surface area contributed by atoms with Crippen LogP contribution in [0.2, 0.25) is 0 Å². The number of carbonyl (C=O) groups is 1. The van der Waals surface area contributed by atoms with Gasteiger partial charge in [-0.25, -0.2) is 4.79 Å². The van der Waals surface area contributed by atoms with E-state index in [9.17, 15) is 4.79 Å². The van der Waals surface area contributed by atoms with E-state index >= 15 is 0 Å². The highest BCUT2D eigenvalue weighted by atomic mass is 16.5. The van der Waals surface area contributed by atoms with Gasteiger partial charge in [0.05, 0.1) is 12.6 Å². The van der Waals surface area contributed by atoms with Crippen molar-refractivity contribution in [1.29, 1.82) is 0 Å². The van der Waals surface area contributed by atoms with E-state index < -0.39 is 0 Å². The van der Waals surface area contributed by atoms with Crippen LogP contribution in [0.3, 0.4) is 0 Å². The van der Waals surface area contributed by atoms with Crippen molar-refractivity contribution in [1.82, 2.24) is 5.32 Å². The molecule has 3 rings (SSSR count). The Morgan fingerprint density at radius 3 is 2.36 bits per heavy atom. The van der Waals surface area contributed by atoms with Crippen LogP contribution >= 0.6 is 0 Å². The molecule has 0 saturated heterocycles. The quantitative estimate of drug-likeness (QED) is 0.754. The van der Waals surface area contributed by atoms with Crippen LogP contribution in [0.4, 0.5) is 0 Å². The smallest absolute Gasteiger partial charge is 0.354 e. The van der Waals surface area contributed by atoms with E-state index in [-0.39, 0.29) is 12.0 Å². The zero-order valence-corrected chi connectivity index (χ0v) is 14.7. The van der Waals surface area contributed by atoms with Crippen LogP contribution in [0, 0.1) is 0 Å². The highest BCUT2D eigenvalue weighted by Crippen LogP contribution is 2.25. The second kappa shape index (κ2) is 8.52. The predicted molar refractivity (Wildman–Crippen MR) is 100.0 cm³/mol. The minimum absolute atomic E-state index is 0.119. The van der Waals surface area contributed by atoms with Crippen LogP contribution < -0.4 is 5.32 Å². The molecule has 25 heavy (non-hydrogen) atoms. The van der Waals surface area contributed by atoms with Crippen molar-refractivity contribution in [2.45, 2.75) is 38.6 Å². The lowest BCUT2D eigenvalue weighted by molar-refractivity contribution is -0.140. The lowest BCUT2D eigenvalue weighted by Gasteiger charge is -2.26. The molecule has 3 heteroatoms. The summed E-state index contributed by atoms with van der Waals surface area (Å²) in [6, 6.07) is 20.8. The summed E-state index contributed by atoms with van der Waals surface area (Å²) in [6.45, 7) is 2.61. The summed E-state index contributed by atoms with van der Waals surface area (Å²) in [7, 11) is 0. The number of aryl methyl sites for hydroxylation is 1. The summed E-state index contributed by atoms with van der Waals surface area (Å²) in [5, 5.41) is 3.46. The van der Waals surface area contributed by atoms with Gasteiger partial charge in [-0.3, -0.25) is 0 Å². The standard InChI is InChI=1S/C22H25NO2/c1-2-20(18-11-7-4-8-12-18)23-21-19(15-16-25-22(21)24)14-13-17-9-5-3-6-10-17/h3-12,20,23H,2,13-16H2,1H3. The molecule has 0 fully saturated rings. The van der Waals surface area contributed by atoms with Crippen LogP contribution in [-0.4, -0.2) is 12.6 Å². The van der Waals surface area contributed by atoms with Gasteiger partial charge in [-0.05, 0) is 36.0 Å². The fraction of sp³-hybridized carbons (Fsp3) is 0.318. The van der Waals surface area contributed by atoms with Gasteiger partial charge < -0.3 is 10.1 Å². The van der Waals surface area contributed by atoms with Gasteiger partial charge in [-0.1, -0.05) is 67.6 Å². The van der Waals surface area contributed by atoms with Crippen molar-refractivity contribution in [2.75, 3.05) is 6.61 Å². The molecule has 0 aromatic heterocycles. The third-order valence-electron chi connectivity index (χ3n) is 4.68. The highest BCUT2D eigenvalue weighted by molar-refractivity contribution is 5.89. The van der Waals surface area contributed by atoms with E-state index in [4.69, 9.17) is 4.74 Å². The van der Waals surface area contributed by atoms with Crippen LogP contribution in [0.5, 0.6) is 0 Å². The molecule has 1 N–H and O–H groups in total. The summed E-state index contributed by atoms with van der Waals surface area (Å²) < 4.78 is 5.29. The summed E-state index contributed by atoms with van der Waals surface area (Å²) in [5.41, 5.74) is 4.33. The summed E-state index contributed by atoms with van der Waals surface area (Å²) in [5.74, 6) is -0.219. The first-order valence-electron chi connectivity index (χ1n) is 9.02. The molecular weight excluding hydrogens is 310 g/mol. The fourth-order valence-electron chi connectivity index (χ4n) is 3.24. The maximum atomic E-state index is 12.4. The number of cyclic esters (lactones) is 1. The number of ether oxygens (including phenoxy) is 1. The van der Waals surface area contributed by atoms with E-state index in [0.717, 1.165) is 25.7 Å². The number of nitrogens with one attached hydrogen (secondary N) is 1. The molecule has 1 aliphatic rings. The van der Waals surface area contributed by atoms with Gasteiger partial charge in [0.1, 0.15) is 5.70 Å². The molecule has 3 nitrogen and oxygen atoms in total. The van der Waals surface area contributed by atoms with E-state index in [0.29, 0.717) is 12.3 Å². The Balaban J connectivity index is 1.78. The Morgan fingerprint density at radius 2 is 1.68 bits per heavy atom. The average Bonchev–Trinajstić information content (AvgIpc) is 2.67. The van der Waals surface area contributed by atoms with Gasteiger partial charge in [0.15, 0.2) is 0 Å². The third-order valence-corrected chi connectivity index (χ3v) is 4.68. The van der Waals surface area contributed by atoms with Crippen molar-refractivity contribution in [3.05, 3.63) is 83.1 Å². The third kappa shape index (κ3) is 4.50. The average molecular weight is 335 g/mol. The van der Waals surface area contributed by atoms with Gasteiger partial charge in [-0.2, -0.15) is 0 Å². The van der Waals surface area contributed by atoms with E-state index in [1.165, 1.54) is 16.7 Å². The molecule has 1 atom stereocenters. The summed E-state index contributed by atoms with van der Waals surface area (Å²) in [6.07, 6.45) is 3.54. The molecule has 1 unspecified atom stereocenters. The Hall–Kier alpha value is -2.55. The minimum Gasteiger partial charge on any atom is -0.461 e. The zero-order chi connectivity index (χ0) is 17.5. The largest absolute Gasteiger partial charge is 0.461 e. The molecule has 0 aliphatic carbocycles. The second-order valence-corrected chi connectivity index (χ2v) is 6.37. The number of carbonyl (C=O) groups excluding carboxylic acids is 1. The molecule has 2 aromatic rings. The monoisotopic (exact) mass is 335 g/mol. The molecular formula is C22H25NO2. The molecule has 0 spiro atoms. The molecule has 0 saturated carbocycles. The molecule has 1 heterocycles. The SMILES string of the molecule is CCC(NC1=C(CCc2ccccc2)CCOC1=O)c1ccccc1. The predicted octanol–water partition coefficient (Wildman–Crippen LogP) is 4.56. The minimum atomic E-state index is -0.219. The normalized spacial score (nSPS) is 15.6. The Labute approximate surface area is 149 Å². The number of esters is 1. The Morgan fingerprint density at radius 1 is 1.00 bits per heavy atom. The maximum absolute atomic E-state index is 12.4. The topological polar surface area (TPSA) is 38.3 Å². The van der Waals surface area contributed by atoms with E-state index in [1.807, 2.05) is 24.3 Å². The molecule has 1 aliphatic heterocycles. The first-order chi connectivity index (χ1) is 12.3. The summed E-state index contributed by atoms with van der Waals surface area (Å²) >= 11 is 0. The first kappa shape index (κ1) is 17.3. The number of rotatable bonds is 7. The number of benzene rings is 2. The molecule has 0 amide bonds. The van der Waals surface area contributed by atoms with Crippen molar-refractivity contribution in [3.8, 4) is 0 Å². The van der Waals surface area contributed by atoms with Crippen LogP contribution in [-0.2, 0) is 16.0 Å².